The number of amides is 2. The van der Waals surface area contributed by atoms with E-state index in [1.54, 1.807) is 60.7 Å². The van der Waals surface area contributed by atoms with Crippen LogP contribution >= 0.6 is 0 Å². The smallest absolute Gasteiger partial charge is 0.416 e. The highest BCUT2D eigenvalue weighted by Crippen LogP contribution is 2.46. The molecule has 50 heavy (non-hydrogen) atoms. The molecule has 8 nitrogen and oxygen atoms in total. The number of hydrogen-bond donors (Lipinski definition) is 0. The molecule has 2 amide bonds. The fourth-order valence-electron chi connectivity index (χ4n) is 6.61. The van der Waals surface area contributed by atoms with Gasteiger partial charge in [-0.1, -0.05) is 60.7 Å². The number of piperidine rings is 1. The molecule has 2 aliphatic heterocycles. The molecule has 14 heteroatoms. The van der Waals surface area contributed by atoms with E-state index in [1.807, 2.05) is 0 Å². The Labute approximate surface area is 284 Å². The molecule has 1 fully saturated rings. The number of ketones is 1. The van der Waals surface area contributed by atoms with Gasteiger partial charge in [0, 0.05) is 13.0 Å². The normalized spacial score (nSPS) is 21.7. The number of Topliss-reactive ketones (excluding diaryl/α,β-unsaturated/α-hetero) is 1. The van der Waals surface area contributed by atoms with Crippen molar-refractivity contribution in [3.05, 3.63) is 107 Å². The van der Waals surface area contributed by atoms with Crippen LogP contribution in [0.5, 0.6) is 0 Å². The number of alkyl halides is 6. The minimum absolute atomic E-state index is 0.0465. The molecule has 0 spiro atoms. The molecule has 0 aromatic heterocycles. The number of ether oxygens (including phenoxy) is 2. The summed E-state index contributed by atoms with van der Waals surface area (Å²) in [7, 11) is 0. The first kappa shape index (κ1) is 36.6. The monoisotopic (exact) mass is 703 g/mol. The zero-order chi connectivity index (χ0) is 36.3. The zero-order valence-electron chi connectivity index (χ0n) is 27.3. The number of likely N-dealkylation sites (tertiary alicyclic amines) is 1. The summed E-state index contributed by atoms with van der Waals surface area (Å²) in [6.45, 7) is 1.83. The molecule has 5 rings (SSSR count). The Hall–Kier alpha value is -4.72. The van der Waals surface area contributed by atoms with E-state index in [0.717, 1.165) is 0 Å². The van der Waals surface area contributed by atoms with E-state index < -0.39 is 46.8 Å². The number of benzene rings is 3. The Bertz CT molecular complexity index is 1700. The number of halogens is 6. The van der Waals surface area contributed by atoms with Gasteiger partial charge in [-0.25, -0.2) is 4.79 Å². The molecule has 3 aromatic rings. The molecule has 2 heterocycles. The standard InChI is InChI=1S/C36H35F6N3O5/c1-24(46)18-33(45-23-43-19-31(45)47)13-14-34(28-11-7-4-8-12-28,44(21-33)32(48)49-20-26-9-5-3-6-10-26)22-50-25(2)27-15-29(35(37,38)39)17-30(16-27)36(40,41)42/h3-12,15-17,23,25H,13-14,18-22H2,1-2H3/t25-,33-,34-/m1/s1. The second kappa shape index (κ2) is 14.3. The second-order valence-corrected chi connectivity index (χ2v) is 12.6. The Balaban J connectivity index is 1.57. The average Bonchev–Trinajstić information content (AvgIpc) is 3.52. The number of carbonyl (C=O) groups is 3. The van der Waals surface area contributed by atoms with E-state index in [-0.39, 0.29) is 68.9 Å². The number of nitrogens with zero attached hydrogens (tertiary/aromatic N) is 3. The van der Waals surface area contributed by atoms with Crippen molar-refractivity contribution in [2.45, 2.75) is 69.3 Å². The zero-order valence-corrected chi connectivity index (χ0v) is 27.3. The van der Waals surface area contributed by atoms with E-state index in [2.05, 4.69) is 4.99 Å². The van der Waals surface area contributed by atoms with Crippen LogP contribution in [0.3, 0.4) is 0 Å². The molecule has 3 atom stereocenters. The number of carbonyl (C=O) groups excluding carboxylic acids is 3. The van der Waals surface area contributed by atoms with Crippen molar-refractivity contribution in [2.75, 3.05) is 19.7 Å². The van der Waals surface area contributed by atoms with E-state index in [9.17, 15) is 40.7 Å². The van der Waals surface area contributed by atoms with Crippen molar-refractivity contribution in [1.29, 1.82) is 0 Å². The maximum Gasteiger partial charge on any atom is 0.416 e. The second-order valence-electron chi connectivity index (χ2n) is 12.6. The molecule has 266 valence electrons. The van der Waals surface area contributed by atoms with Crippen LogP contribution in [0, 0.1) is 0 Å². The third-order valence-electron chi connectivity index (χ3n) is 9.14. The maximum atomic E-state index is 14.2. The number of aliphatic imine (C=N–C) groups is 1. The summed E-state index contributed by atoms with van der Waals surface area (Å²) in [5.41, 5.74) is -4.72. The van der Waals surface area contributed by atoms with Crippen LogP contribution in [-0.2, 0) is 43.6 Å². The minimum Gasteiger partial charge on any atom is -0.445 e. The molecular weight excluding hydrogens is 668 g/mol. The highest BCUT2D eigenvalue weighted by Gasteiger charge is 2.55. The lowest BCUT2D eigenvalue weighted by Crippen LogP contribution is -2.67. The third kappa shape index (κ3) is 7.85. The molecule has 1 saturated heterocycles. The molecule has 0 radical (unpaired) electrons. The molecular formula is C36H35F6N3O5. The van der Waals surface area contributed by atoms with E-state index in [1.165, 1.54) is 30.0 Å². The van der Waals surface area contributed by atoms with Gasteiger partial charge >= 0.3 is 18.4 Å². The van der Waals surface area contributed by atoms with Crippen LogP contribution in [0.2, 0.25) is 0 Å². The molecule has 0 N–H and O–H groups in total. The van der Waals surface area contributed by atoms with Crippen molar-refractivity contribution in [2.24, 2.45) is 4.99 Å². The minimum atomic E-state index is -5.06. The van der Waals surface area contributed by atoms with E-state index >= 15 is 0 Å². The van der Waals surface area contributed by atoms with Crippen molar-refractivity contribution in [1.82, 2.24) is 9.80 Å². The Morgan fingerprint density at radius 2 is 1.50 bits per heavy atom. The van der Waals surface area contributed by atoms with Crippen molar-refractivity contribution >= 4 is 24.1 Å². The molecule has 3 aromatic carbocycles. The predicted molar refractivity (Wildman–Crippen MR) is 170 cm³/mol. The van der Waals surface area contributed by atoms with E-state index in [0.29, 0.717) is 23.3 Å². The lowest BCUT2D eigenvalue weighted by Gasteiger charge is -2.55. The van der Waals surface area contributed by atoms with Crippen LogP contribution in [0.15, 0.2) is 83.9 Å². The van der Waals surface area contributed by atoms with Crippen LogP contribution in [0.4, 0.5) is 31.1 Å². The number of hydrogen-bond acceptors (Lipinski definition) is 6. The quantitative estimate of drug-likeness (QED) is 0.202. The summed E-state index contributed by atoms with van der Waals surface area (Å²) in [5.74, 6) is -0.622. The average molecular weight is 704 g/mol. The highest BCUT2D eigenvalue weighted by molar-refractivity contribution is 5.96. The molecule has 0 saturated carbocycles. The summed E-state index contributed by atoms with van der Waals surface area (Å²) >= 11 is 0. The first-order chi connectivity index (χ1) is 23.5. The lowest BCUT2D eigenvalue weighted by atomic mass is 9.72. The number of rotatable bonds is 10. The van der Waals surface area contributed by atoms with Gasteiger partial charge < -0.3 is 9.47 Å². The molecule has 0 bridgehead atoms. The lowest BCUT2D eigenvalue weighted by molar-refractivity contribution is -0.143. The van der Waals surface area contributed by atoms with E-state index in [4.69, 9.17) is 9.47 Å². The Kier molecular flexibility index (Phi) is 10.4. The largest absolute Gasteiger partial charge is 0.445 e. The van der Waals surface area contributed by atoms with Crippen molar-refractivity contribution in [3.63, 3.8) is 0 Å². The third-order valence-corrected chi connectivity index (χ3v) is 9.14. The summed E-state index contributed by atoms with van der Waals surface area (Å²) in [5, 5.41) is 0. The molecule has 0 unspecified atom stereocenters. The van der Waals surface area contributed by atoms with Crippen molar-refractivity contribution in [3.8, 4) is 0 Å². The highest BCUT2D eigenvalue weighted by atomic mass is 19.4. The van der Waals surface area contributed by atoms with Crippen molar-refractivity contribution < 1.29 is 50.2 Å². The fraction of sp³-hybridized carbons (Fsp3) is 0.389. The van der Waals surface area contributed by atoms with Crippen LogP contribution < -0.4 is 0 Å². The first-order valence-electron chi connectivity index (χ1n) is 15.8. The van der Waals surface area contributed by atoms with Gasteiger partial charge in [0.2, 0.25) is 5.91 Å². The van der Waals surface area contributed by atoms with Gasteiger partial charge in [-0.05, 0) is 61.6 Å². The van der Waals surface area contributed by atoms with Gasteiger partial charge in [0.05, 0.1) is 41.3 Å². The molecule has 0 aliphatic carbocycles. The van der Waals surface area contributed by atoms with Gasteiger partial charge in [-0.15, -0.1) is 0 Å². The van der Waals surface area contributed by atoms with Crippen LogP contribution in [0.1, 0.15) is 67.0 Å². The van der Waals surface area contributed by atoms with Gasteiger partial charge in [-0.3, -0.25) is 24.4 Å². The summed E-state index contributed by atoms with van der Waals surface area (Å²) in [4.78, 5) is 46.7. The summed E-state index contributed by atoms with van der Waals surface area (Å²) < 4.78 is 94.0. The topological polar surface area (TPSA) is 88.5 Å². The SMILES string of the molecule is CC(=O)C[C@]1(N2C=NCC2=O)CC[C@@](CO[C@H](C)c2cc(C(F)(F)F)cc(C(F)(F)F)c2)(c2ccccc2)N(C(=O)OCc2ccccc2)C1. The Morgan fingerprint density at radius 3 is 2.04 bits per heavy atom. The molecule has 2 aliphatic rings. The summed E-state index contributed by atoms with van der Waals surface area (Å²) in [6.07, 6.45) is -10.8. The van der Waals surface area contributed by atoms with Crippen LogP contribution in [0.25, 0.3) is 0 Å². The fourth-order valence-corrected chi connectivity index (χ4v) is 6.61. The van der Waals surface area contributed by atoms with Gasteiger partial charge in [0.15, 0.2) is 0 Å². The van der Waals surface area contributed by atoms with Gasteiger partial charge in [0.25, 0.3) is 0 Å². The predicted octanol–water partition coefficient (Wildman–Crippen LogP) is 7.72. The summed E-state index contributed by atoms with van der Waals surface area (Å²) in [6, 6.07) is 18.7. The van der Waals surface area contributed by atoms with Crippen LogP contribution in [-0.4, -0.2) is 59.2 Å². The Morgan fingerprint density at radius 1 is 0.900 bits per heavy atom. The first-order valence-corrected chi connectivity index (χ1v) is 15.8. The maximum absolute atomic E-state index is 14.2. The van der Waals surface area contributed by atoms with Gasteiger partial charge in [-0.2, -0.15) is 26.3 Å². The van der Waals surface area contributed by atoms with Gasteiger partial charge in [0.1, 0.15) is 18.9 Å².